The second-order valence-electron chi connectivity index (χ2n) is 5.61. The van der Waals surface area contributed by atoms with Crippen LogP contribution in [-0.4, -0.2) is 36.4 Å². The van der Waals surface area contributed by atoms with Gasteiger partial charge in [-0.2, -0.15) is 0 Å². The summed E-state index contributed by atoms with van der Waals surface area (Å²) in [5.41, 5.74) is 0.593. The molecule has 1 aromatic carbocycles. The van der Waals surface area contributed by atoms with E-state index in [1.54, 1.807) is 12.1 Å². The zero-order valence-electron chi connectivity index (χ0n) is 13.1. The molecular formula is C17H24N2O3. The highest BCUT2D eigenvalue weighted by molar-refractivity contribution is 5.90. The Labute approximate surface area is 131 Å². The van der Waals surface area contributed by atoms with Gasteiger partial charge >= 0.3 is 0 Å². The van der Waals surface area contributed by atoms with Crippen molar-refractivity contribution in [2.75, 3.05) is 25.0 Å². The number of nitrogens with one attached hydrogen (secondary N) is 1. The minimum atomic E-state index is -0.161. The van der Waals surface area contributed by atoms with Gasteiger partial charge in [0.25, 0.3) is 5.91 Å². The first-order valence-corrected chi connectivity index (χ1v) is 7.94. The molecule has 0 bridgehead atoms. The Morgan fingerprint density at radius 2 is 1.73 bits per heavy atom. The average molecular weight is 304 g/mol. The summed E-state index contributed by atoms with van der Waals surface area (Å²) in [5.74, 6) is 0.378. The summed E-state index contributed by atoms with van der Waals surface area (Å²) in [6.07, 6.45) is 5.77. The molecule has 0 unspecified atom stereocenters. The lowest BCUT2D eigenvalue weighted by molar-refractivity contribution is -0.133. The van der Waals surface area contributed by atoms with E-state index in [0.717, 1.165) is 25.9 Å². The summed E-state index contributed by atoms with van der Waals surface area (Å²) in [7, 11) is 0. The molecule has 5 heteroatoms. The van der Waals surface area contributed by atoms with Crippen LogP contribution in [0.5, 0.6) is 5.75 Å². The zero-order chi connectivity index (χ0) is 15.8. The average Bonchev–Trinajstić information content (AvgIpc) is 2.45. The Kier molecular flexibility index (Phi) is 6.25. The predicted octanol–water partition coefficient (Wildman–Crippen LogP) is 2.82. The normalized spacial score (nSPS) is 15.6. The van der Waals surface area contributed by atoms with Crippen LogP contribution < -0.4 is 10.1 Å². The van der Waals surface area contributed by atoms with Crippen molar-refractivity contribution in [3.8, 4) is 5.75 Å². The van der Waals surface area contributed by atoms with E-state index in [1.165, 1.54) is 26.2 Å². The van der Waals surface area contributed by atoms with E-state index < -0.39 is 0 Å². The number of hydrogen-bond donors (Lipinski definition) is 1. The molecule has 1 heterocycles. The number of ether oxygens (including phenoxy) is 1. The van der Waals surface area contributed by atoms with Crippen LogP contribution in [-0.2, 0) is 9.59 Å². The van der Waals surface area contributed by atoms with Crippen molar-refractivity contribution < 1.29 is 14.3 Å². The molecule has 5 nitrogen and oxygen atoms in total. The fraction of sp³-hybridized carbons (Fsp3) is 0.529. The maximum Gasteiger partial charge on any atom is 0.260 e. The third kappa shape index (κ3) is 5.06. The molecule has 22 heavy (non-hydrogen) atoms. The number of rotatable bonds is 4. The third-order valence-corrected chi connectivity index (χ3v) is 3.76. The summed E-state index contributed by atoms with van der Waals surface area (Å²) in [4.78, 5) is 25.4. The van der Waals surface area contributed by atoms with E-state index >= 15 is 0 Å². The Bertz CT molecular complexity index is 508. The van der Waals surface area contributed by atoms with Gasteiger partial charge in [-0.1, -0.05) is 31.4 Å². The van der Waals surface area contributed by atoms with Crippen LogP contribution in [0.25, 0.3) is 0 Å². The molecule has 1 aliphatic heterocycles. The summed E-state index contributed by atoms with van der Waals surface area (Å²) >= 11 is 0. The predicted molar refractivity (Wildman–Crippen MR) is 85.9 cm³/mol. The van der Waals surface area contributed by atoms with E-state index in [1.807, 2.05) is 17.0 Å². The number of anilines is 1. The first-order valence-electron chi connectivity index (χ1n) is 7.94. The molecule has 1 saturated heterocycles. The lowest BCUT2D eigenvalue weighted by Crippen LogP contribution is -2.37. The lowest BCUT2D eigenvalue weighted by atomic mass is 10.1. The molecule has 0 aromatic heterocycles. The largest absolute Gasteiger partial charge is 0.482 e. The second-order valence-corrected chi connectivity index (χ2v) is 5.61. The number of carbonyl (C=O) groups excluding carboxylic acids is 2. The van der Waals surface area contributed by atoms with Gasteiger partial charge in [0, 0.05) is 20.0 Å². The first-order chi connectivity index (χ1) is 10.7. The molecule has 1 aliphatic rings. The van der Waals surface area contributed by atoms with Gasteiger partial charge in [-0.25, -0.2) is 0 Å². The van der Waals surface area contributed by atoms with Crippen molar-refractivity contribution in [2.24, 2.45) is 0 Å². The molecule has 2 amide bonds. The number of likely N-dealkylation sites (tertiary alicyclic amines) is 1. The van der Waals surface area contributed by atoms with E-state index in [9.17, 15) is 9.59 Å². The topological polar surface area (TPSA) is 58.6 Å². The van der Waals surface area contributed by atoms with Gasteiger partial charge < -0.3 is 15.0 Å². The van der Waals surface area contributed by atoms with Crippen LogP contribution in [0.1, 0.15) is 39.0 Å². The highest BCUT2D eigenvalue weighted by atomic mass is 16.5. The Balaban J connectivity index is 1.91. The van der Waals surface area contributed by atoms with E-state index in [-0.39, 0.29) is 18.4 Å². The van der Waals surface area contributed by atoms with Crippen LogP contribution in [0, 0.1) is 0 Å². The summed E-state index contributed by atoms with van der Waals surface area (Å²) < 4.78 is 5.62. The molecule has 1 fully saturated rings. The maximum absolute atomic E-state index is 12.3. The van der Waals surface area contributed by atoms with Crippen LogP contribution in [0.4, 0.5) is 5.69 Å². The van der Waals surface area contributed by atoms with Crippen LogP contribution in [0.3, 0.4) is 0 Å². The molecule has 0 radical (unpaired) electrons. The van der Waals surface area contributed by atoms with E-state index in [2.05, 4.69) is 5.32 Å². The molecule has 0 aliphatic carbocycles. The Hall–Kier alpha value is -2.04. The molecular weight excluding hydrogens is 280 g/mol. The fourth-order valence-electron chi connectivity index (χ4n) is 2.61. The number of carbonyl (C=O) groups is 2. The molecule has 1 N–H and O–H groups in total. The molecule has 0 spiro atoms. The smallest absolute Gasteiger partial charge is 0.260 e. The number of nitrogens with zero attached hydrogens (tertiary/aromatic N) is 1. The highest BCUT2D eigenvalue weighted by Crippen LogP contribution is 2.23. The number of para-hydroxylation sites is 2. The van der Waals surface area contributed by atoms with Crippen LogP contribution in [0.15, 0.2) is 24.3 Å². The van der Waals surface area contributed by atoms with Crippen molar-refractivity contribution in [1.82, 2.24) is 4.90 Å². The van der Waals surface area contributed by atoms with Crippen LogP contribution in [0.2, 0.25) is 0 Å². The summed E-state index contributed by atoms with van der Waals surface area (Å²) in [6, 6.07) is 7.16. The third-order valence-electron chi connectivity index (χ3n) is 3.76. The lowest BCUT2D eigenvalue weighted by Gasteiger charge is -2.25. The quantitative estimate of drug-likeness (QED) is 0.930. The molecule has 2 rings (SSSR count). The van der Waals surface area contributed by atoms with E-state index in [4.69, 9.17) is 4.74 Å². The maximum atomic E-state index is 12.3. The van der Waals surface area contributed by atoms with Crippen molar-refractivity contribution in [3.05, 3.63) is 24.3 Å². The summed E-state index contributed by atoms with van der Waals surface area (Å²) in [6.45, 7) is 3.09. The van der Waals surface area contributed by atoms with Gasteiger partial charge in [0.15, 0.2) is 6.61 Å². The first kappa shape index (κ1) is 16.3. The standard InChI is InChI=1S/C17H24N2O3/c1-14(20)18-15-9-5-6-10-16(15)22-13-17(21)19-11-7-3-2-4-8-12-19/h5-6,9-10H,2-4,7-8,11-13H2,1H3,(H,18,20). The van der Waals surface area contributed by atoms with Gasteiger partial charge in [-0.15, -0.1) is 0 Å². The monoisotopic (exact) mass is 304 g/mol. The minimum Gasteiger partial charge on any atom is -0.482 e. The molecule has 1 aromatic rings. The van der Waals surface area contributed by atoms with Gasteiger partial charge in [-0.05, 0) is 25.0 Å². The summed E-state index contributed by atoms with van der Waals surface area (Å²) in [5, 5.41) is 2.71. The number of hydrogen-bond acceptors (Lipinski definition) is 3. The SMILES string of the molecule is CC(=O)Nc1ccccc1OCC(=O)N1CCCCCCC1. The molecule has 0 saturated carbocycles. The molecule has 0 atom stereocenters. The fourth-order valence-corrected chi connectivity index (χ4v) is 2.61. The van der Waals surface area contributed by atoms with Crippen molar-refractivity contribution in [3.63, 3.8) is 0 Å². The number of amides is 2. The van der Waals surface area contributed by atoms with Gasteiger partial charge in [-0.3, -0.25) is 9.59 Å². The second kappa shape index (κ2) is 8.41. The van der Waals surface area contributed by atoms with Gasteiger partial charge in [0.05, 0.1) is 5.69 Å². The highest BCUT2D eigenvalue weighted by Gasteiger charge is 2.16. The Morgan fingerprint density at radius 1 is 1.09 bits per heavy atom. The van der Waals surface area contributed by atoms with Crippen molar-refractivity contribution in [1.29, 1.82) is 0 Å². The molecule has 120 valence electrons. The van der Waals surface area contributed by atoms with Gasteiger partial charge in [0.1, 0.15) is 5.75 Å². The Morgan fingerprint density at radius 3 is 2.41 bits per heavy atom. The zero-order valence-corrected chi connectivity index (χ0v) is 13.1. The van der Waals surface area contributed by atoms with Crippen molar-refractivity contribution >= 4 is 17.5 Å². The van der Waals surface area contributed by atoms with Gasteiger partial charge in [0.2, 0.25) is 5.91 Å². The number of benzene rings is 1. The van der Waals surface area contributed by atoms with Crippen LogP contribution >= 0.6 is 0 Å². The van der Waals surface area contributed by atoms with E-state index in [0.29, 0.717) is 11.4 Å². The minimum absolute atomic E-state index is 0.0105. The van der Waals surface area contributed by atoms with Crippen molar-refractivity contribution in [2.45, 2.75) is 39.0 Å².